The molecule has 0 fully saturated rings. The molecule has 0 radical (unpaired) electrons. The molecule has 0 unspecified atom stereocenters. The van der Waals surface area contributed by atoms with Gasteiger partial charge in [0, 0.05) is 6.54 Å². The number of rotatable bonds is 14. The van der Waals surface area contributed by atoms with Crippen LogP contribution in [0.1, 0.15) is 31.4 Å². The van der Waals surface area contributed by atoms with Gasteiger partial charge < -0.3 is 13.8 Å². The molecule has 0 spiro atoms. The molecule has 0 bridgehead atoms. The SMILES string of the molecule is CCOP(=O)(CCCN(OCc1ccc(OC)cc1)S(=O)(=O)c1ccc(C)cc1)OCC. The summed E-state index contributed by atoms with van der Waals surface area (Å²) in [6, 6.07) is 13.7. The van der Waals surface area contributed by atoms with Crippen molar-refractivity contribution in [2.75, 3.05) is 33.0 Å². The van der Waals surface area contributed by atoms with Crippen LogP contribution >= 0.6 is 7.60 Å². The Kier molecular flexibility index (Phi) is 10.3. The maximum absolute atomic E-state index is 13.2. The predicted octanol–water partition coefficient (Wildman–Crippen LogP) is 4.78. The van der Waals surface area contributed by atoms with Crippen LogP contribution in [0, 0.1) is 6.92 Å². The first-order valence-corrected chi connectivity index (χ1v) is 13.6. The molecule has 0 heterocycles. The third-order valence-corrected chi connectivity index (χ3v) is 8.40. The maximum atomic E-state index is 13.2. The van der Waals surface area contributed by atoms with E-state index in [2.05, 4.69) is 0 Å². The van der Waals surface area contributed by atoms with Gasteiger partial charge in [-0.25, -0.2) is 8.42 Å². The minimum Gasteiger partial charge on any atom is -0.497 e. The molecular formula is C22H32NO7PS. The van der Waals surface area contributed by atoms with Gasteiger partial charge >= 0.3 is 7.60 Å². The van der Waals surface area contributed by atoms with Gasteiger partial charge in [0.25, 0.3) is 10.0 Å². The maximum Gasteiger partial charge on any atom is 0.330 e. The molecule has 0 aliphatic rings. The van der Waals surface area contributed by atoms with Crippen LogP contribution in [0.2, 0.25) is 0 Å². The molecule has 0 aliphatic heterocycles. The van der Waals surface area contributed by atoms with E-state index < -0.39 is 17.6 Å². The van der Waals surface area contributed by atoms with Gasteiger partial charge in [-0.2, -0.15) is 0 Å². The average Bonchev–Trinajstić information content (AvgIpc) is 2.77. The van der Waals surface area contributed by atoms with Crippen molar-refractivity contribution in [3.63, 3.8) is 0 Å². The zero-order chi connectivity index (χ0) is 23.6. The van der Waals surface area contributed by atoms with Crippen molar-refractivity contribution >= 4 is 17.6 Å². The molecule has 0 aromatic heterocycles. The molecule has 0 atom stereocenters. The number of hydrogen-bond donors (Lipinski definition) is 0. The second-order valence-electron chi connectivity index (χ2n) is 6.99. The first-order chi connectivity index (χ1) is 15.2. The summed E-state index contributed by atoms with van der Waals surface area (Å²) in [5, 5.41) is 0. The van der Waals surface area contributed by atoms with Gasteiger partial charge in [0.15, 0.2) is 0 Å². The van der Waals surface area contributed by atoms with Crippen molar-refractivity contribution in [2.24, 2.45) is 0 Å². The number of ether oxygens (including phenoxy) is 1. The Morgan fingerprint density at radius 3 is 2.06 bits per heavy atom. The highest BCUT2D eigenvalue weighted by atomic mass is 32.2. The summed E-state index contributed by atoms with van der Waals surface area (Å²) in [6.45, 7) is 5.89. The van der Waals surface area contributed by atoms with Gasteiger partial charge in [-0.3, -0.25) is 9.40 Å². The minimum atomic E-state index is -3.93. The van der Waals surface area contributed by atoms with E-state index in [0.29, 0.717) is 5.75 Å². The molecule has 0 aliphatic carbocycles. The number of sulfonamides is 1. The smallest absolute Gasteiger partial charge is 0.330 e. The minimum absolute atomic E-state index is 0.00347. The van der Waals surface area contributed by atoms with Crippen LogP contribution in [-0.2, 0) is 35.1 Å². The summed E-state index contributed by atoms with van der Waals surface area (Å²) in [4.78, 5) is 5.84. The lowest BCUT2D eigenvalue weighted by atomic mass is 10.2. The van der Waals surface area contributed by atoms with Crippen LogP contribution in [0.15, 0.2) is 53.4 Å². The Balaban J connectivity index is 2.17. The van der Waals surface area contributed by atoms with Crippen molar-refractivity contribution < 1.29 is 31.6 Å². The topological polar surface area (TPSA) is 91.4 Å². The molecule has 0 saturated carbocycles. The molecule has 0 amide bonds. The van der Waals surface area contributed by atoms with E-state index in [1.165, 1.54) is 0 Å². The van der Waals surface area contributed by atoms with Gasteiger partial charge in [0.1, 0.15) is 5.75 Å². The van der Waals surface area contributed by atoms with Crippen LogP contribution in [0.5, 0.6) is 5.75 Å². The first-order valence-electron chi connectivity index (χ1n) is 10.5. The molecular weight excluding hydrogens is 453 g/mol. The quantitative estimate of drug-likeness (QED) is 0.281. The Hall–Kier alpha value is -1.74. The third kappa shape index (κ3) is 7.69. The van der Waals surface area contributed by atoms with Crippen molar-refractivity contribution in [2.45, 2.75) is 38.7 Å². The normalized spacial score (nSPS) is 12.3. The fourth-order valence-corrected chi connectivity index (χ4v) is 5.83. The highest BCUT2D eigenvalue weighted by molar-refractivity contribution is 7.89. The summed E-state index contributed by atoms with van der Waals surface area (Å²) >= 11 is 0. The fourth-order valence-electron chi connectivity index (χ4n) is 2.90. The zero-order valence-corrected chi connectivity index (χ0v) is 20.7. The average molecular weight is 486 g/mol. The summed E-state index contributed by atoms with van der Waals surface area (Å²) in [7, 11) is -5.64. The third-order valence-electron chi connectivity index (χ3n) is 4.55. The summed E-state index contributed by atoms with van der Waals surface area (Å²) in [6.07, 6.45) is 0.325. The van der Waals surface area contributed by atoms with E-state index >= 15 is 0 Å². The second-order valence-corrected chi connectivity index (χ2v) is 11.0. The van der Waals surface area contributed by atoms with Crippen molar-refractivity contribution in [3.05, 3.63) is 59.7 Å². The van der Waals surface area contributed by atoms with Crippen molar-refractivity contribution in [3.8, 4) is 5.75 Å². The molecule has 32 heavy (non-hydrogen) atoms. The molecule has 2 aromatic rings. The van der Waals surface area contributed by atoms with Crippen LogP contribution < -0.4 is 4.74 Å². The number of methoxy groups -OCH3 is 1. The second kappa shape index (κ2) is 12.5. The highest BCUT2D eigenvalue weighted by Crippen LogP contribution is 2.48. The lowest BCUT2D eigenvalue weighted by Crippen LogP contribution is -2.32. The van der Waals surface area contributed by atoms with Crippen LogP contribution in [0.3, 0.4) is 0 Å². The van der Waals surface area contributed by atoms with E-state index in [-0.39, 0.29) is 43.8 Å². The highest BCUT2D eigenvalue weighted by Gasteiger charge is 2.28. The standard InChI is InChI=1S/C22H32NO7PS/c1-5-29-31(24,30-6-2)17-7-16-23(28-18-20-10-12-21(27-4)13-11-20)32(25,26)22-14-8-19(3)9-15-22/h8-15H,5-7,16-18H2,1-4H3. The van der Waals surface area contributed by atoms with E-state index in [1.807, 2.05) is 6.92 Å². The number of hydrogen-bond acceptors (Lipinski definition) is 7. The lowest BCUT2D eigenvalue weighted by Gasteiger charge is -2.23. The number of hydroxylamine groups is 1. The lowest BCUT2D eigenvalue weighted by molar-refractivity contribution is -0.0959. The molecule has 2 aromatic carbocycles. The summed E-state index contributed by atoms with van der Waals surface area (Å²) in [5.41, 5.74) is 1.73. The van der Waals surface area contributed by atoms with Crippen molar-refractivity contribution in [1.29, 1.82) is 0 Å². The largest absolute Gasteiger partial charge is 0.497 e. The molecule has 2 rings (SSSR count). The summed E-state index contributed by atoms with van der Waals surface area (Å²) < 4.78 is 55.9. The Labute approximate surface area is 191 Å². The zero-order valence-electron chi connectivity index (χ0n) is 19.0. The molecule has 178 valence electrons. The van der Waals surface area contributed by atoms with Crippen molar-refractivity contribution in [1.82, 2.24) is 4.47 Å². The van der Waals surface area contributed by atoms with Gasteiger partial charge in [0.05, 0.1) is 38.0 Å². The van der Waals surface area contributed by atoms with E-state index in [1.54, 1.807) is 69.5 Å². The van der Waals surface area contributed by atoms with E-state index in [9.17, 15) is 13.0 Å². The number of aryl methyl sites for hydroxylation is 1. The molecule has 0 N–H and O–H groups in total. The van der Waals surface area contributed by atoms with Gasteiger partial charge in [-0.1, -0.05) is 34.3 Å². The van der Waals surface area contributed by atoms with E-state index in [0.717, 1.165) is 15.6 Å². The monoisotopic (exact) mass is 485 g/mol. The Morgan fingerprint density at radius 1 is 0.938 bits per heavy atom. The molecule has 0 saturated heterocycles. The van der Waals surface area contributed by atoms with Crippen LogP contribution in [-0.4, -0.2) is 45.9 Å². The molecule has 8 nitrogen and oxygen atoms in total. The van der Waals surface area contributed by atoms with Gasteiger partial charge in [-0.05, 0) is 57.0 Å². The Bertz CT molecular complexity index is 968. The summed E-state index contributed by atoms with van der Waals surface area (Å²) in [5.74, 6) is 0.695. The first kappa shape index (κ1) is 26.5. The molecule has 10 heteroatoms. The van der Waals surface area contributed by atoms with Gasteiger partial charge in [-0.15, -0.1) is 0 Å². The van der Waals surface area contributed by atoms with Crippen LogP contribution in [0.25, 0.3) is 0 Å². The Morgan fingerprint density at radius 2 is 1.53 bits per heavy atom. The number of benzene rings is 2. The van der Waals surface area contributed by atoms with E-state index in [4.69, 9.17) is 18.6 Å². The predicted molar refractivity (Wildman–Crippen MR) is 123 cm³/mol. The van der Waals surface area contributed by atoms with Crippen LogP contribution in [0.4, 0.5) is 0 Å². The van der Waals surface area contributed by atoms with Gasteiger partial charge in [0.2, 0.25) is 0 Å². The number of nitrogens with zero attached hydrogens (tertiary/aromatic N) is 1. The fraction of sp³-hybridized carbons (Fsp3) is 0.455.